The number of pyridine rings is 1. The first kappa shape index (κ1) is 29.2. The van der Waals surface area contributed by atoms with E-state index < -0.39 is 0 Å². The van der Waals surface area contributed by atoms with Crippen molar-refractivity contribution >= 4 is 44.8 Å². The molecule has 9 heteroatoms. The average molecular weight is 575 g/mol. The van der Waals surface area contributed by atoms with Crippen LogP contribution >= 0.6 is 0 Å². The van der Waals surface area contributed by atoms with Crippen LogP contribution in [-0.4, -0.2) is 47.6 Å². The molecule has 0 saturated carbocycles. The molecular formula is C34H34N6O3. The third-order valence-corrected chi connectivity index (χ3v) is 6.92. The van der Waals surface area contributed by atoms with E-state index in [1.54, 1.807) is 18.2 Å². The minimum absolute atomic E-state index is 0.279. The van der Waals surface area contributed by atoms with Gasteiger partial charge in [0, 0.05) is 55.3 Å². The maximum absolute atomic E-state index is 12.7. The number of fused-ring (bicyclic) bond motifs is 2. The topological polar surface area (TPSA) is 104 Å². The van der Waals surface area contributed by atoms with E-state index in [4.69, 9.17) is 9.47 Å². The summed E-state index contributed by atoms with van der Waals surface area (Å²) in [4.78, 5) is 19.1. The van der Waals surface area contributed by atoms with Crippen molar-refractivity contribution in [1.82, 2.24) is 14.5 Å². The molecule has 0 radical (unpaired) electrons. The maximum Gasteiger partial charge on any atom is 0.248 e. The van der Waals surface area contributed by atoms with Crippen LogP contribution in [0.5, 0.6) is 17.2 Å². The lowest BCUT2D eigenvalue weighted by Crippen LogP contribution is -2.13. The Morgan fingerprint density at radius 1 is 1.12 bits per heavy atom. The summed E-state index contributed by atoms with van der Waals surface area (Å²) in [5.74, 6) is 1.70. The van der Waals surface area contributed by atoms with E-state index in [0.717, 1.165) is 33.7 Å². The Morgan fingerprint density at radius 3 is 2.70 bits per heavy atom. The molecule has 0 aliphatic rings. The number of benzene rings is 3. The number of nitriles is 1. The van der Waals surface area contributed by atoms with Gasteiger partial charge >= 0.3 is 0 Å². The molecule has 2 aromatic heterocycles. The van der Waals surface area contributed by atoms with Crippen molar-refractivity contribution < 1.29 is 14.3 Å². The lowest BCUT2D eigenvalue weighted by atomic mass is 10.1. The molecule has 2 N–H and O–H groups in total. The largest absolute Gasteiger partial charge is 0.492 e. The molecule has 2 heterocycles. The van der Waals surface area contributed by atoms with Crippen LogP contribution in [0.4, 0.5) is 17.1 Å². The van der Waals surface area contributed by atoms with Crippen LogP contribution in [0.3, 0.4) is 0 Å². The smallest absolute Gasteiger partial charge is 0.248 e. The minimum Gasteiger partial charge on any atom is -0.492 e. The van der Waals surface area contributed by atoms with Crippen LogP contribution in [0.15, 0.2) is 79.1 Å². The molecule has 9 nitrogen and oxygen atoms in total. The summed E-state index contributed by atoms with van der Waals surface area (Å²) < 4.78 is 14.1. The fourth-order valence-corrected chi connectivity index (χ4v) is 4.78. The highest BCUT2D eigenvalue weighted by Gasteiger charge is 2.16. The number of likely N-dealkylation sites (N-methyl/N-ethyl adjacent to an activating group) is 1. The molecule has 0 bridgehead atoms. The Kier molecular flexibility index (Phi) is 8.60. The van der Waals surface area contributed by atoms with Crippen molar-refractivity contribution in [3.8, 4) is 23.3 Å². The lowest BCUT2D eigenvalue weighted by molar-refractivity contribution is -0.111. The first-order chi connectivity index (χ1) is 20.7. The Bertz CT molecular complexity index is 1880. The van der Waals surface area contributed by atoms with Crippen molar-refractivity contribution in [3.05, 3.63) is 90.3 Å². The van der Waals surface area contributed by atoms with E-state index in [1.807, 2.05) is 82.5 Å². The normalized spacial score (nSPS) is 11.3. The Labute approximate surface area is 251 Å². The number of hydrogen-bond donors (Lipinski definition) is 2. The second-order valence-electron chi connectivity index (χ2n) is 10.5. The first-order valence-electron chi connectivity index (χ1n) is 14.0. The Balaban J connectivity index is 1.46. The quantitative estimate of drug-likeness (QED) is 0.175. The first-order valence-corrected chi connectivity index (χ1v) is 14.0. The minimum atomic E-state index is -0.279. The zero-order chi connectivity index (χ0) is 30.5. The van der Waals surface area contributed by atoms with Crippen molar-refractivity contribution in [3.63, 3.8) is 0 Å². The predicted octanol–water partition coefficient (Wildman–Crippen LogP) is 6.90. The molecule has 0 saturated heterocycles. The van der Waals surface area contributed by atoms with Gasteiger partial charge in [-0.3, -0.25) is 9.78 Å². The summed E-state index contributed by atoms with van der Waals surface area (Å²) in [5.41, 5.74) is 4.85. The second-order valence-corrected chi connectivity index (χ2v) is 10.5. The summed E-state index contributed by atoms with van der Waals surface area (Å²) in [7, 11) is 5.87. The fraction of sp³-hybridized carbons (Fsp3) is 0.206. The zero-order valence-corrected chi connectivity index (χ0v) is 24.9. The number of nitrogens with one attached hydrogen (secondary N) is 2. The van der Waals surface area contributed by atoms with E-state index in [-0.39, 0.29) is 5.91 Å². The number of carbonyl (C=O) groups is 1. The van der Waals surface area contributed by atoms with Crippen molar-refractivity contribution in [2.45, 2.75) is 13.8 Å². The van der Waals surface area contributed by atoms with Gasteiger partial charge in [-0.15, -0.1) is 0 Å². The SMILES string of the molecule is CCOc1cc2ncc(C#N)c(Nc3ccc(Oc4ccc5ccn(C)c5c4)c(C)c3)c2cc1NC(=O)/C=C/CN(C)C. The van der Waals surface area contributed by atoms with E-state index >= 15 is 0 Å². The summed E-state index contributed by atoms with van der Waals surface area (Å²) >= 11 is 0. The number of carbonyl (C=O) groups excluding carboxylic acids is 1. The molecule has 0 atom stereocenters. The van der Waals surface area contributed by atoms with Gasteiger partial charge in [-0.05, 0) is 81.4 Å². The van der Waals surface area contributed by atoms with Crippen LogP contribution in [0.2, 0.25) is 0 Å². The monoisotopic (exact) mass is 574 g/mol. The number of rotatable bonds is 10. The van der Waals surface area contributed by atoms with Gasteiger partial charge in [0.25, 0.3) is 0 Å². The number of amides is 1. The number of nitrogens with zero attached hydrogens (tertiary/aromatic N) is 4. The second kappa shape index (κ2) is 12.7. The van der Waals surface area contributed by atoms with Crippen molar-refractivity contribution in [2.24, 2.45) is 7.05 Å². The summed E-state index contributed by atoms with van der Waals surface area (Å²) in [6.07, 6.45) is 6.84. The third-order valence-electron chi connectivity index (χ3n) is 6.92. The van der Waals surface area contributed by atoms with Gasteiger partial charge in [0.2, 0.25) is 5.91 Å². The lowest BCUT2D eigenvalue weighted by Gasteiger charge is -2.17. The van der Waals surface area contributed by atoms with E-state index in [1.165, 1.54) is 12.3 Å². The number of aromatic nitrogens is 2. The number of hydrogen-bond acceptors (Lipinski definition) is 7. The van der Waals surface area contributed by atoms with Gasteiger partial charge < -0.3 is 29.6 Å². The average Bonchev–Trinajstić information content (AvgIpc) is 3.34. The van der Waals surface area contributed by atoms with Crippen LogP contribution in [-0.2, 0) is 11.8 Å². The van der Waals surface area contributed by atoms with Gasteiger partial charge in [-0.2, -0.15) is 5.26 Å². The van der Waals surface area contributed by atoms with Gasteiger partial charge in [-0.25, -0.2) is 0 Å². The molecule has 3 aromatic carbocycles. The Morgan fingerprint density at radius 2 is 1.95 bits per heavy atom. The molecule has 5 aromatic rings. The summed E-state index contributed by atoms with van der Waals surface area (Å²) in [6.45, 7) is 4.91. The molecule has 43 heavy (non-hydrogen) atoms. The van der Waals surface area contributed by atoms with Crippen molar-refractivity contribution in [2.75, 3.05) is 37.9 Å². The highest BCUT2D eigenvalue weighted by atomic mass is 16.5. The van der Waals surface area contributed by atoms with Crippen LogP contribution in [0.1, 0.15) is 18.1 Å². The molecule has 0 aliphatic carbocycles. The van der Waals surface area contributed by atoms with Gasteiger partial charge in [-0.1, -0.05) is 6.08 Å². The zero-order valence-electron chi connectivity index (χ0n) is 24.9. The molecule has 218 valence electrons. The highest BCUT2D eigenvalue weighted by molar-refractivity contribution is 6.05. The number of aryl methyl sites for hydroxylation is 2. The molecule has 1 amide bonds. The summed E-state index contributed by atoms with van der Waals surface area (Å²) in [5, 5.41) is 18.1. The number of anilines is 3. The van der Waals surface area contributed by atoms with Gasteiger partial charge in [0.15, 0.2) is 0 Å². The van der Waals surface area contributed by atoms with E-state index in [0.29, 0.717) is 46.7 Å². The van der Waals surface area contributed by atoms with Crippen LogP contribution in [0, 0.1) is 18.3 Å². The molecule has 0 unspecified atom stereocenters. The molecule has 0 fully saturated rings. The van der Waals surface area contributed by atoms with Gasteiger partial charge in [0.1, 0.15) is 23.3 Å². The fourth-order valence-electron chi connectivity index (χ4n) is 4.78. The van der Waals surface area contributed by atoms with E-state index in [2.05, 4.69) is 32.3 Å². The Hall–Kier alpha value is -5.33. The summed E-state index contributed by atoms with van der Waals surface area (Å²) in [6, 6.07) is 19.7. The van der Waals surface area contributed by atoms with Crippen LogP contribution < -0.4 is 20.1 Å². The van der Waals surface area contributed by atoms with Crippen LogP contribution in [0.25, 0.3) is 21.8 Å². The molecule has 0 aliphatic heterocycles. The molecule has 0 spiro atoms. The predicted molar refractivity (Wildman–Crippen MR) is 171 cm³/mol. The van der Waals surface area contributed by atoms with E-state index in [9.17, 15) is 10.1 Å². The van der Waals surface area contributed by atoms with Gasteiger partial charge in [0.05, 0.1) is 34.6 Å². The number of ether oxygens (including phenoxy) is 2. The third kappa shape index (κ3) is 6.61. The molecular weight excluding hydrogens is 540 g/mol. The molecule has 5 rings (SSSR count). The highest BCUT2D eigenvalue weighted by Crippen LogP contribution is 2.37. The maximum atomic E-state index is 12.7. The van der Waals surface area contributed by atoms with Crippen molar-refractivity contribution in [1.29, 1.82) is 5.26 Å². The standard InChI is InChI=1S/C34H34N6O3/c1-6-42-32-19-28-27(18-29(32)38-33(41)8-7-14-39(3)4)34(24(20-35)21-36-28)37-25-10-12-31(22(2)16-25)43-26-11-9-23-13-15-40(5)30(23)17-26/h7-13,15-19,21H,6,14H2,1-5H3,(H,36,37)(H,38,41)/b8-7+.